The summed E-state index contributed by atoms with van der Waals surface area (Å²) in [6.45, 7) is 0.971. The highest BCUT2D eigenvalue weighted by Crippen LogP contribution is 2.37. The minimum atomic E-state index is -0.720. The molecular weight excluding hydrogens is 378 g/mol. The second-order valence-electron chi connectivity index (χ2n) is 7.60. The second kappa shape index (κ2) is 7.35. The lowest BCUT2D eigenvalue weighted by molar-refractivity contribution is -0.153. The first-order valence-corrected chi connectivity index (χ1v) is 9.63. The number of imide groups is 1. The van der Waals surface area contributed by atoms with E-state index in [1.165, 1.54) is 12.1 Å². The number of aryl methyl sites for hydroxylation is 1. The average Bonchev–Trinajstić information content (AvgIpc) is 2.94. The van der Waals surface area contributed by atoms with Crippen molar-refractivity contribution in [2.45, 2.75) is 39.2 Å². The van der Waals surface area contributed by atoms with Crippen molar-refractivity contribution in [1.82, 2.24) is 4.90 Å². The van der Waals surface area contributed by atoms with Crippen LogP contribution in [0, 0.1) is 18.8 Å². The number of phenols is 1. The lowest BCUT2D eigenvalue weighted by Gasteiger charge is -2.19. The van der Waals surface area contributed by atoms with E-state index in [1.54, 1.807) is 13.0 Å². The fourth-order valence-corrected chi connectivity index (χ4v) is 4.25. The highest BCUT2D eigenvalue weighted by Gasteiger charge is 2.48. The SMILES string of the molecule is Cc1c(O)ccc2c(COC(=O)CN3C(=O)[C@H]4CCCC[C@H]4C3=O)cc(=O)oc12. The molecule has 1 aliphatic heterocycles. The number of aromatic hydroxyl groups is 1. The zero-order valence-electron chi connectivity index (χ0n) is 16.0. The number of ether oxygens (including phenoxy) is 1. The molecule has 0 bridgehead atoms. The molecule has 1 N–H and O–H groups in total. The summed E-state index contributed by atoms with van der Waals surface area (Å²) in [6, 6.07) is 4.25. The van der Waals surface area contributed by atoms with Gasteiger partial charge in [-0.2, -0.15) is 0 Å². The maximum absolute atomic E-state index is 12.5. The highest BCUT2D eigenvalue weighted by atomic mass is 16.5. The van der Waals surface area contributed by atoms with Crippen molar-refractivity contribution >= 4 is 28.8 Å². The Kier molecular flexibility index (Phi) is 4.86. The molecule has 1 aromatic carbocycles. The van der Waals surface area contributed by atoms with Gasteiger partial charge in [0, 0.05) is 22.6 Å². The molecule has 2 fully saturated rings. The summed E-state index contributed by atoms with van der Waals surface area (Å²) in [5.74, 6) is -1.96. The molecule has 152 valence electrons. The van der Waals surface area contributed by atoms with E-state index in [4.69, 9.17) is 9.15 Å². The summed E-state index contributed by atoms with van der Waals surface area (Å²) in [7, 11) is 0. The van der Waals surface area contributed by atoms with Gasteiger partial charge in [-0.05, 0) is 31.9 Å². The van der Waals surface area contributed by atoms with Gasteiger partial charge in [0.2, 0.25) is 11.8 Å². The molecule has 2 heterocycles. The van der Waals surface area contributed by atoms with Crippen molar-refractivity contribution in [1.29, 1.82) is 0 Å². The van der Waals surface area contributed by atoms with Gasteiger partial charge in [0.15, 0.2) is 0 Å². The monoisotopic (exact) mass is 399 g/mol. The maximum Gasteiger partial charge on any atom is 0.336 e. The van der Waals surface area contributed by atoms with Crippen LogP contribution in [0.15, 0.2) is 27.4 Å². The molecule has 1 aromatic heterocycles. The van der Waals surface area contributed by atoms with Gasteiger partial charge in [0.05, 0.1) is 11.8 Å². The van der Waals surface area contributed by atoms with Crippen molar-refractivity contribution in [3.8, 4) is 5.75 Å². The molecule has 4 rings (SSSR count). The topological polar surface area (TPSA) is 114 Å². The number of benzene rings is 1. The van der Waals surface area contributed by atoms with E-state index in [2.05, 4.69) is 0 Å². The van der Waals surface area contributed by atoms with Gasteiger partial charge in [0.25, 0.3) is 0 Å². The number of carbonyl (C=O) groups excluding carboxylic acids is 3. The molecule has 0 radical (unpaired) electrons. The first kappa shape index (κ1) is 19.2. The molecule has 8 heteroatoms. The summed E-state index contributed by atoms with van der Waals surface area (Å²) in [4.78, 5) is 50.1. The Labute approximate surface area is 166 Å². The van der Waals surface area contributed by atoms with Gasteiger partial charge in [-0.3, -0.25) is 19.3 Å². The quantitative estimate of drug-likeness (QED) is 0.475. The first-order chi connectivity index (χ1) is 13.9. The summed E-state index contributed by atoms with van der Waals surface area (Å²) in [5, 5.41) is 10.3. The molecule has 2 aromatic rings. The summed E-state index contributed by atoms with van der Waals surface area (Å²) in [5.41, 5.74) is 0.410. The van der Waals surface area contributed by atoms with E-state index in [-0.39, 0.29) is 41.6 Å². The smallest absolute Gasteiger partial charge is 0.336 e. The number of fused-ring (bicyclic) bond motifs is 2. The van der Waals surface area contributed by atoms with E-state index in [0.29, 0.717) is 29.4 Å². The van der Waals surface area contributed by atoms with Gasteiger partial charge < -0.3 is 14.3 Å². The maximum atomic E-state index is 12.5. The summed E-state index contributed by atoms with van der Waals surface area (Å²) >= 11 is 0. The van der Waals surface area contributed by atoms with E-state index < -0.39 is 18.1 Å². The van der Waals surface area contributed by atoms with Crippen LogP contribution in [0.4, 0.5) is 0 Å². The number of esters is 1. The molecule has 2 atom stereocenters. The van der Waals surface area contributed by atoms with Crippen LogP contribution in [0.1, 0.15) is 36.8 Å². The van der Waals surface area contributed by atoms with E-state index >= 15 is 0 Å². The van der Waals surface area contributed by atoms with Crippen molar-refractivity contribution in [3.05, 3.63) is 39.7 Å². The van der Waals surface area contributed by atoms with E-state index in [9.17, 15) is 24.3 Å². The van der Waals surface area contributed by atoms with Gasteiger partial charge in [0.1, 0.15) is 24.5 Å². The van der Waals surface area contributed by atoms with E-state index in [0.717, 1.165) is 17.7 Å². The zero-order chi connectivity index (χ0) is 20.7. The molecule has 29 heavy (non-hydrogen) atoms. The minimum absolute atomic E-state index is 0.0117. The molecule has 1 saturated heterocycles. The molecule has 2 aliphatic rings. The first-order valence-electron chi connectivity index (χ1n) is 9.63. The Morgan fingerprint density at radius 1 is 1.17 bits per heavy atom. The molecule has 8 nitrogen and oxygen atoms in total. The van der Waals surface area contributed by atoms with Crippen LogP contribution in [0.3, 0.4) is 0 Å². The normalized spacial score (nSPS) is 21.5. The van der Waals surface area contributed by atoms with Crippen LogP contribution >= 0.6 is 0 Å². The van der Waals surface area contributed by atoms with Gasteiger partial charge in [-0.25, -0.2) is 4.79 Å². The Balaban J connectivity index is 1.48. The Hall–Kier alpha value is -3.16. The van der Waals surface area contributed by atoms with Crippen LogP contribution in [0.5, 0.6) is 5.75 Å². The molecule has 1 aliphatic carbocycles. The molecular formula is C21H21NO7. The number of hydrogen-bond donors (Lipinski definition) is 1. The number of carbonyl (C=O) groups is 3. The fraction of sp³-hybridized carbons (Fsp3) is 0.429. The zero-order valence-corrected chi connectivity index (χ0v) is 16.0. The minimum Gasteiger partial charge on any atom is -0.508 e. The van der Waals surface area contributed by atoms with Crippen molar-refractivity contribution in [3.63, 3.8) is 0 Å². The molecule has 0 unspecified atom stereocenters. The van der Waals surface area contributed by atoms with Gasteiger partial charge in [-0.15, -0.1) is 0 Å². The van der Waals surface area contributed by atoms with Crippen molar-refractivity contribution in [2.75, 3.05) is 6.54 Å². The summed E-state index contributed by atoms with van der Waals surface area (Å²) in [6.07, 6.45) is 3.19. The number of likely N-dealkylation sites (tertiary alicyclic amines) is 1. The van der Waals surface area contributed by atoms with Crippen LogP contribution in [0.2, 0.25) is 0 Å². The van der Waals surface area contributed by atoms with Crippen LogP contribution in [0.25, 0.3) is 11.0 Å². The fourth-order valence-electron chi connectivity index (χ4n) is 4.25. The lowest BCUT2D eigenvalue weighted by Crippen LogP contribution is -2.36. The van der Waals surface area contributed by atoms with Crippen LogP contribution in [-0.4, -0.2) is 34.3 Å². The third-order valence-electron chi connectivity index (χ3n) is 5.83. The average molecular weight is 399 g/mol. The molecule has 0 spiro atoms. The lowest BCUT2D eigenvalue weighted by atomic mass is 9.81. The number of rotatable bonds is 4. The summed E-state index contributed by atoms with van der Waals surface area (Å²) < 4.78 is 10.4. The third-order valence-corrected chi connectivity index (χ3v) is 5.83. The van der Waals surface area contributed by atoms with Crippen LogP contribution in [-0.2, 0) is 25.7 Å². The highest BCUT2D eigenvalue weighted by molar-refractivity contribution is 6.07. The van der Waals surface area contributed by atoms with Crippen molar-refractivity contribution < 1.29 is 28.6 Å². The number of amides is 2. The van der Waals surface area contributed by atoms with Crippen molar-refractivity contribution in [2.24, 2.45) is 11.8 Å². The third kappa shape index (κ3) is 3.39. The predicted octanol–water partition coefficient (Wildman–Crippen LogP) is 2.03. The molecule has 2 amide bonds. The Bertz CT molecular complexity index is 1050. The van der Waals surface area contributed by atoms with Gasteiger partial charge in [-0.1, -0.05) is 12.8 Å². The van der Waals surface area contributed by atoms with Crippen LogP contribution < -0.4 is 5.63 Å². The number of nitrogens with zero attached hydrogens (tertiary/aromatic N) is 1. The predicted molar refractivity (Wildman–Crippen MR) is 101 cm³/mol. The Morgan fingerprint density at radius 3 is 2.48 bits per heavy atom. The second-order valence-corrected chi connectivity index (χ2v) is 7.60. The number of hydrogen-bond acceptors (Lipinski definition) is 7. The standard InChI is InChI=1S/C21H21NO7/c1-11-16(23)7-6-13-12(8-17(24)29-19(11)13)10-28-18(25)9-22-20(26)14-4-2-3-5-15(14)21(22)27/h6-8,14-15,23H,2-5,9-10H2,1H3/t14-,15+. The Morgan fingerprint density at radius 2 is 1.83 bits per heavy atom. The molecule has 1 saturated carbocycles. The van der Waals surface area contributed by atoms with Gasteiger partial charge >= 0.3 is 11.6 Å². The number of phenolic OH excluding ortho intramolecular Hbond substituents is 1. The largest absolute Gasteiger partial charge is 0.508 e. The van der Waals surface area contributed by atoms with E-state index in [1.807, 2.05) is 0 Å².